The Hall–Kier alpha value is -1.65. The Balaban J connectivity index is 2.74. The van der Waals surface area contributed by atoms with Gasteiger partial charge in [-0.1, -0.05) is 6.07 Å². The van der Waals surface area contributed by atoms with E-state index in [1.807, 2.05) is 0 Å². The fourth-order valence-corrected chi connectivity index (χ4v) is 3.30. The quantitative estimate of drug-likeness (QED) is 0.664. The molecule has 1 aliphatic rings. The maximum Gasteiger partial charge on any atom is 0.235 e. The Kier molecular flexibility index (Phi) is 3.00. The fourth-order valence-electron chi connectivity index (χ4n) is 2.31. The Bertz CT molecular complexity index is 625. The molecule has 0 spiro atoms. The minimum atomic E-state index is -3.48. The lowest BCUT2D eigenvalue weighted by molar-refractivity contribution is 0.242. The van der Waals surface area contributed by atoms with Crippen LogP contribution in [0.3, 0.4) is 0 Å². The van der Waals surface area contributed by atoms with E-state index in [9.17, 15) is 18.3 Å². The van der Waals surface area contributed by atoms with Gasteiger partial charge < -0.3 is 5.11 Å². The lowest BCUT2D eigenvalue weighted by Crippen LogP contribution is -2.33. The van der Waals surface area contributed by atoms with Gasteiger partial charge in [0, 0.05) is 11.8 Å². The fraction of sp³-hybridized carbons (Fsp3) is 0.417. The first-order chi connectivity index (χ1) is 8.41. The molecular weight excluding hydrogens is 254 g/mol. The Labute approximate surface area is 105 Å². The molecule has 6 heteroatoms. The normalized spacial score (nSPS) is 17.6. The average molecular weight is 267 g/mol. The number of phenols is 1. The lowest BCUT2D eigenvalue weighted by atomic mass is 9.72. The van der Waals surface area contributed by atoms with E-state index in [0.29, 0.717) is 12.8 Å². The van der Waals surface area contributed by atoms with Gasteiger partial charge in [0.2, 0.25) is 6.08 Å². The number of carbonyl (C=O) groups excluding carboxylic acids is 1. The van der Waals surface area contributed by atoms with Crippen molar-refractivity contribution >= 4 is 15.9 Å². The molecule has 18 heavy (non-hydrogen) atoms. The average Bonchev–Trinajstić information content (AvgIpc) is 2.22. The van der Waals surface area contributed by atoms with Crippen LogP contribution in [0.4, 0.5) is 0 Å². The number of phenolic OH excluding ortho intramolecular Hbond substituents is 1. The van der Waals surface area contributed by atoms with Crippen LogP contribution < -0.4 is 0 Å². The summed E-state index contributed by atoms with van der Waals surface area (Å²) in [4.78, 5) is 14.3. The van der Waals surface area contributed by atoms with Crippen molar-refractivity contribution in [1.29, 1.82) is 0 Å². The Morgan fingerprint density at radius 3 is 2.50 bits per heavy atom. The molecular formula is C12H13NO4S. The number of rotatable bonds is 3. The van der Waals surface area contributed by atoms with E-state index in [1.54, 1.807) is 0 Å². The smallest absolute Gasteiger partial charge is 0.235 e. The van der Waals surface area contributed by atoms with Gasteiger partial charge in [0.05, 0.1) is 4.90 Å². The van der Waals surface area contributed by atoms with Gasteiger partial charge in [-0.3, -0.25) is 0 Å². The summed E-state index contributed by atoms with van der Waals surface area (Å²) in [6.45, 7) is 0. The van der Waals surface area contributed by atoms with Crippen molar-refractivity contribution in [1.82, 2.24) is 0 Å². The van der Waals surface area contributed by atoms with Crippen LogP contribution in [0.5, 0.6) is 5.75 Å². The van der Waals surface area contributed by atoms with Gasteiger partial charge in [-0.05, 0) is 31.4 Å². The zero-order valence-corrected chi connectivity index (χ0v) is 10.7. The molecule has 1 aliphatic carbocycles. The van der Waals surface area contributed by atoms with Gasteiger partial charge >= 0.3 is 0 Å². The van der Waals surface area contributed by atoms with E-state index in [-0.39, 0.29) is 16.2 Å². The van der Waals surface area contributed by atoms with Gasteiger partial charge in [-0.2, -0.15) is 4.99 Å². The second-order valence-electron chi connectivity index (χ2n) is 4.51. The summed E-state index contributed by atoms with van der Waals surface area (Å²) in [5.41, 5.74) is -0.701. The standard InChI is InChI=1S/C12H13NO4S/c1-18(16,17)10-5-2-4-9(15)11(10)12(13-8-14)6-3-7-12/h2,4-5,15H,3,6-7H2,1H3. The van der Waals surface area contributed by atoms with Crippen molar-refractivity contribution < 1.29 is 18.3 Å². The number of aliphatic imine (C=N–C) groups is 1. The summed E-state index contributed by atoms with van der Waals surface area (Å²) in [5, 5.41) is 9.93. The van der Waals surface area contributed by atoms with Crippen molar-refractivity contribution in [3.8, 4) is 5.75 Å². The molecule has 0 amide bonds. The molecule has 0 aromatic heterocycles. The molecule has 1 saturated carbocycles. The topological polar surface area (TPSA) is 83.8 Å². The Morgan fingerprint density at radius 1 is 1.39 bits per heavy atom. The molecule has 0 saturated heterocycles. The van der Waals surface area contributed by atoms with E-state index in [0.717, 1.165) is 12.7 Å². The molecule has 5 nitrogen and oxygen atoms in total. The summed E-state index contributed by atoms with van der Waals surface area (Å²) in [5.74, 6) is -0.142. The van der Waals surface area contributed by atoms with Crippen LogP contribution in [-0.4, -0.2) is 25.9 Å². The van der Waals surface area contributed by atoms with Crippen LogP contribution in [-0.2, 0) is 20.2 Å². The van der Waals surface area contributed by atoms with Gasteiger partial charge in [0.25, 0.3) is 0 Å². The molecule has 1 aromatic rings. The molecule has 1 fully saturated rings. The van der Waals surface area contributed by atoms with Crippen LogP contribution in [0.2, 0.25) is 0 Å². The maximum atomic E-state index is 11.7. The number of nitrogens with zero attached hydrogens (tertiary/aromatic N) is 1. The van der Waals surface area contributed by atoms with E-state index in [2.05, 4.69) is 4.99 Å². The van der Waals surface area contributed by atoms with Gasteiger partial charge in [-0.25, -0.2) is 13.2 Å². The van der Waals surface area contributed by atoms with Crippen LogP contribution in [0.1, 0.15) is 24.8 Å². The first-order valence-corrected chi connectivity index (χ1v) is 7.41. The summed E-state index contributed by atoms with van der Waals surface area (Å²) in [6, 6.07) is 4.29. The summed E-state index contributed by atoms with van der Waals surface area (Å²) in [7, 11) is -3.48. The zero-order valence-electron chi connectivity index (χ0n) is 9.88. The number of aromatic hydroxyl groups is 1. The molecule has 2 rings (SSSR count). The van der Waals surface area contributed by atoms with Crippen molar-refractivity contribution in [3.05, 3.63) is 23.8 Å². The highest BCUT2D eigenvalue weighted by molar-refractivity contribution is 7.90. The summed E-state index contributed by atoms with van der Waals surface area (Å²) in [6.07, 6.45) is 4.48. The van der Waals surface area contributed by atoms with E-state index < -0.39 is 15.4 Å². The monoisotopic (exact) mass is 267 g/mol. The maximum absolute atomic E-state index is 11.7. The number of benzene rings is 1. The first kappa shape index (κ1) is 12.8. The van der Waals surface area contributed by atoms with Gasteiger partial charge in [-0.15, -0.1) is 0 Å². The number of sulfone groups is 1. The molecule has 0 atom stereocenters. The number of hydrogen-bond acceptors (Lipinski definition) is 5. The molecule has 0 heterocycles. The SMILES string of the molecule is CS(=O)(=O)c1cccc(O)c1C1(N=C=O)CCC1. The Morgan fingerprint density at radius 2 is 2.06 bits per heavy atom. The highest BCUT2D eigenvalue weighted by Gasteiger charge is 2.43. The van der Waals surface area contributed by atoms with Gasteiger partial charge in [0.1, 0.15) is 11.3 Å². The lowest BCUT2D eigenvalue weighted by Gasteiger charge is -2.38. The molecule has 0 radical (unpaired) electrons. The predicted molar refractivity (Wildman–Crippen MR) is 64.9 cm³/mol. The van der Waals surface area contributed by atoms with Crippen molar-refractivity contribution in [2.75, 3.05) is 6.26 Å². The van der Waals surface area contributed by atoms with E-state index >= 15 is 0 Å². The molecule has 96 valence electrons. The molecule has 1 N–H and O–H groups in total. The van der Waals surface area contributed by atoms with Crippen molar-refractivity contribution in [2.24, 2.45) is 4.99 Å². The first-order valence-electron chi connectivity index (χ1n) is 5.52. The van der Waals surface area contributed by atoms with Crippen LogP contribution in [0, 0.1) is 0 Å². The number of isocyanates is 1. The summed E-state index contributed by atoms with van der Waals surface area (Å²) >= 11 is 0. The third kappa shape index (κ3) is 1.94. The molecule has 1 aromatic carbocycles. The van der Waals surface area contributed by atoms with E-state index in [1.165, 1.54) is 24.3 Å². The van der Waals surface area contributed by atoms with Crippen LogP contribution in [0.15, 0.2) is 28.1 Å². The number of hydrogen-bond donors (Lipinski definition) is 1. The van der Waals surface area contributed by atoms with Crippen molar-refractivity contribution in [2.45, 2.75) is 29.7 Å². The second kappa shape index (κ2) is 4.23. The second-order valence-corrected chi connectivity index (χ2v) is 6.49. The van der Waals surface area contributed by atoms with Crippen LogP contribution >= 0.6 is 0 Å². The third-order valence-corrected chi connectivity index (χ3v) is 4.45. The molecule has 0 unspecified atom stereocenters. The highest BCUT2D eigenvalue weighted by atomic mass is 32.2. The van der Waals surface area contributed by atoms with Gasteiger partial charge in [0.15, 0.2) is 9.84 Å². The summed E-state index contributed by atoms with van der Waals surface area (Å²) < 4.78 is 23.5. The van der Waals surface area contributed by atoms with Crippen LogP contribution in [0.25, 0.3) is 0 Å². The van der Waals surface area contributed by atoms with Crippen molar-refractivity contribution in [3.63, 3.8) is 0 Å². The largest absolute Gasteiger partial charge is 0.508 e. The minimum Gasteiger partial charge on any atom is -0.508 e. The van der Waals surface area contributed by atoms with E-state index in [4.69, 9.17) is 0 Å². The zero-order chi connectivity index (χ0) is 13.4. The third-order valence-electron chi connectivity index (χ3n) is 3.31. The molecule has 0 aliphatic heterocycles. The highest BCUT2D eigenvalue weighted by Crippen LogP contribution is 2.50. The predicted octanol–water partition coefficient (Wildman–Crippen LogP) is 1.51. The minimum absolute atomic E-state index is 0.0289. The molecule has 0 bridgehead atoms.